The van der Waals surface area contributed by atoms with E-state index in [0.29, 0.717) is 0 Å². The van der Waals surface area contributed by atoms with Crippen LogP contribution in [0.5, 0.6) is 0 Å². The molecule has 0 saturated heterocycles. The maximum atomic E-state index is 2.35. The molecule has 0 aromatic carbocycles. The Hall–Kier alpha value is -0.430. The zero-order valence-electron chi connectivity index (χ0n) is 11.0. The first-order valence-corrected chi connectivity index (χ1v) is 7.46. The summed E-state index contributed by atoms with van der Waals surface area (Å²) < 4.78 is 0. The smallest absolute Gasteiger partial charge is 0.000884 e. The second kappa shape index (κ2) is 7.01. The number of allylic oxidation sites excluding steroid dienone is 5. The maximum Gasteiger partial charge on any atom is 0.000884 e. The lowest BCUT2D eigenvalue weighted by atomic mass is 10.0. The van der Waals surface area contributed by atoms with Gasteiger partial charge in [-0.25, -0.2) is 0 Å². The van der Waals surface area contributed by atoms with E-state index in [0.717, 1.165) is 11.8 Å². The summed E-state index contributed by atoms with van der Waals surface area (Å²) >= 11 is 1.89. The lowest BCUT2D eigenvalue weighted by Crippen LogP contribution is -1.90. The van der Waals surface area contributed by atoms with E-state index in [1.54, 1.807) is 5.57 Å². The minimum Gasteiger partial charge on any atom is -0.134 e. The lowest BCUT2D eigenvalue weighted by Gasteiger charge is -2.05. The molecule has 0 aromatic rings. The standard InChI is InChI=1S/C9H12.C4H6S.C2H6/c1-6-3-4-8-5-9(8)7(6)2;1-2-4-5-3-1;1-2/h3-4,8-9H,5H2,1-2H3;1,3H,2,4H2;1-2H3. The third-order valence-electron chi connectivity index (χ3n) is 3.21. The van der Waals surface area contributed by atoms with E-state index in [-0.39, 0.29) is 0 Å². The van der Waals surface area contributed by atoms with Crippen LogP contribution in [0, 0.1) is 11.8 Å². The summed E-state index contributed by atoms with van der Waals surface area (Å²) in [5.41, 5.74) is 3.12. The SMILES string of the molecule is C1=CSCC1.CC.CC1=C(C)C2CC2C=C1. The van der Waals surface area contributed by atoms with Gasteiger partial charge in [0.15, 0.2) is 0 Å². The van der Waals surface area contributed by atoms with E-state index in [1.807, 2.05) is 25.6 Å². The molecule has 1 heteroatoms. The van der Waals surface area contributed by atoms with Gasteiger partial charge in [0.05, 0.1) is 0 Å². The van der Waals surface area contributed by atoms with Gasteiger partial charge in [0, 0.05) is 5.75 Å². The van der Waals surface area contributed by atoms with Gasteiger partial charge in [-0.2, -0.15) is 0 Å². The fraction of sp³-hybridized carbons (Fsp3) is 0.600. The normalized spacial score (nSPS) is 28.8. The Bertz CT molecular complexity index is 291. The first kappa shape index (κ1) is 13.6. The van der Waals surface area contributed by atoms with Gasteiger partial charge in [-0.1, -0.05) is 43.2 Å². The summed E-state index contributed by atoms with van der Waals surface area (Å²) in [6.45, 7) is 8.48. The molecule has 2 aliphatic carbocycles. The molecule has 0 spiro atoms. The molecule has 3 rings (SSSR count). The van der Waals surface area contributed by atoms with E-state index in [4.69, 9.17) is 0 Å². The molecule has 3 aliphatic rings. The Labute approximate surface area is 105 Å². The molecule has 0 N–H and O–H groups in total. The average Bonchev–Trinajstić information content (AvgIpc) is 2.87. The minimum absolute atomic E-state index is 0.925. The van der Waals surface area contributed by atoms with Crippen molar-refractivity contribution in [3.05, 3.63) is 34.8 Å². The summed E-state index contributed by atoms with van der Waals surface area (Å²) in [5.74, 6) is 3.17. The van der Waals surface area contributed by atoms with Gasteiger partial charge >= 0.3 is 0 Å². The summed E-state index contributed by atoms with van der Waals surface area (Å²) in [4.78, 5) is 0. The van der Waals surface area contributed by atoms with E-state index in [1.165, 1.54) is 24.2 Å². The van der Waals surface area contributed by atoms with Crippen molar-refractivity contribution in [2.24, 2.45) is 11.8 Å². The average molecular weight is 236 g/mol. The highest BCUT2D eigenvalue weighted by Gasteiger charge is 2.38. The van der Waals surface area contributed by atoms with Gasteiger partial charge < -0.3 is 0 Å². The van der Waals surface area contributed by atoms with Crippen molar-refractivity contribution in [2.75, 3.05) is 5.75 Å². The Kier molecular flexibility index (Phi) is 5.97. The van der Waals surface area contributed by atoms with Crippen molar-refractivity contribution in [1.82, 2.24) is 0 Å². The monoisotopic (exact) mass is 236 g/mol. The number of hydrogen-bond acceptors (Lipinski definition) is 1. The van der Waals surface area contributed by atoms with Crippen LogP contribution >= 0.6 is 11.8 Å². The molecule has 16 heavy (non-hydrogen) atoms. The second-order valence-electron chi connectivity index (χ2n) is 4.26. The molecule has 2 unspecified atom stereocenters. The quantitative estimate of drug-likeness (QED) is 0.557. The highest BCUT2D eigenvalue weighted by atomic mass is 32.2. The molecular formula is C15H24S. The van der Waals surface area contributed by atoms with E-state index < -0.39 is 0 Å². The van der Waals surface area contributed by atoms with Crippen LogP contribution in [0.2, 0.25) is 0 Å². The van der Waals surface area contributed by atoms with E-state index >= 15 is 0 Å². The van der Waals surface area contributed by atoms with Crippen molar-refractivity contribution >= 4 is 11.8 Å². The third kappa shape index (κ3) is 3.86. The molecule has 0 nitrogen and oxygen atoms in total. The van der Waals surface area contributed by atoms with Gasteiger partial charge in [-0.3, -0.25) is 0 Å². The van der Waals surface area contributed by atoms with Crippen molar-refractivity contribution in [2.45, 2.75) is 40.5 Å². The molecule has 0 radical (unpaired) electrons. The van der Waals surface area contributed by atoms with Gasteiger partial charge in [0.2, 0.25) is 0 Å². The van der Waals surface area contributed by atoms with Crippen LogP contribution in [0.25, 0.3) is 0 Å². The van der Waals surface area contributed by atoms with Crippen LogP contribution in [-0.2, 0) is 0 Å². The Morgan fingerprint density at radius 2 is 2.00 bits per heavy atom. The Morgan fingerprint density at radius 3 is 2.44 bits per heavy atom. The van der Waals surface area contributed by atoms with Gasteiger partial charge in [0.25, 0.3) is 0 Å². The van der Waals surface area contributed by atoms with Crippen LogP contribution in [0.3, 0.4) is 0 Å². The molecule has 0 amide bonds. The third-order valence-corrected chi connectivity index (χ3v) is 4.06. The molecule has 0 bridgehead atoms. The summed E-state index contributed by atoms with van der Waals surface area (Å²) in [5, 5.41) is 2.15. The van der Waals surface area contributed by atoms with Crippen molar-refractivity contribution in [1.29, 1.82) is 0 Å². The first-order chi connectivity index (χ1) is 7.79. The molecule has 1 saturated carbocycles. The topological polar surface area (TPSA) is 0 Å². The lowest BCUT2D eigenvalue weighted by molar-refractivity contribution is 0.890. The largest absolute Gasteiger partial charge is 0.134 e. The van der Waals surface area contributed by atoms with E-state index in [2.05, 4.69) is 37.5 Å². The summed E-state index contributed by atoms with van der Waals surface area (Å²) in [6, 6.07) is 0. The zero-order chi connectivity index (χ0) is 12.0. The van der Waals surface area contributed by atoms with Crippen molar-refractivity contribution in [3.63, 3.8) is 0 Å². The fourth-order valence-electron chi connectivity index (χ4n) is 1.96. The Balaban J connectivity index is 0.000000156. The van der Waals surface area contributed by atoms with E-state index in [9.17, 15) is 0 Å². The maximum absolute atomic E-state index is 2.35. The highest BCUT2D eigenvalue weighted by Crippen LogP contribution is 2.48. The first-order valence-electron chi connectivity index (χ1n) is 6.41. The van der Waals surface area contributed by atoms with Gasteiger partial charge in [-0.15, -0.1) is 11.8 Å². The molecule has 1 heterocycles. The van der Waals surface area contributed by atoms with Crippen LogP contribution in [-0.4, -0.2) is 5.75 Å². The number of rotatable bonds is 0. The molecule has 0 aromatic heterocycles. The van der Waals surface area contributed by atoms with Crippen LogP contribution in [0.4, 0.5) is 0 Å². The highest BCUT2D eigenvalue weighted by molar-refractivity contribution is 8.02. The van der Waals surface area contributed by atoms with Crippen LogP contribution in [0.1, 0.15) is 40.5 Å². The second-order valence-corrected chi connectivity index (χ2v) is 5.28. The zero-order valence-corrected chi connectivity index (χ0v) is 11.8. The molecule has 1 fully saturated rings. The summed E-state index contributed by atoms with van der Waals surface area (Å²) in [6.07, 6.45) is 9.52. The summed E-state index contributed by atoms with van der Waals surface area (Å²) in [7, 11) is 0. The van der Waals surface area contributed by atoms with Gasteiger partial charge in [-0.05, 0) is 43.9 Å². The predicted octanol–water partition coefficient (Wildman–Crippen LogP) is 5.19. The van der Waals surface area contributed by atoms with Crippen molar-refractivity contribution < 1.29 is 0 Å². The molecule has 1 aliphatic heterocycles. The number of hydrogen-bond donors (Lipinski definition) is 0. The molecule has 90 valence electrons. The van der Waals surface area contributed by atoms with Crippen LogP contribution < -0.4 is 0 Å². The number of fused-ring (bicyclic) bond motifs is 1. The van der Waals surface area contributed by atoms with Gasteiger partial charge in [0.1, 0.15) is 0 Å². The minimum atomic E-state index is 0.925. The van der Waals surface area contributed by atoms with Crippen LogP contribution in [0.15, 0.2) is 34.8 Å². The molecule has 2 atom stereocenters. The molecular weight excluding hydrogens is 212 g/mol. The van der Waals surface area contributed by atoms with Crippen molar-refractivity contribution in [3.8, 4) is 0 Å². The Morgan fingerprint density at radius 1 is 1.25 bits per heavy atom. The predicted molar refractivity (Wildman–Crippen MR) is 76.7 cm³/mol. The number of thioether (sulfide) groups is 1. The fourth-order valence-corrected chi connectivity index (χ4v) is 2.64.